The van der Waals surface area contributed by atoms with Crippen molar-refractivity contribution in [2.45, 2.75) is 26.2 Å². The summed E-state index contributed by atoms with van der Waals surface area (Å²) in [6, 6.07) is 10.2. The molecular formula is C17H14N4S. The molecule has 3 heterocycles. The summed E-state index contributed by atoms with van der Waals surface area (Å²) >= 11 is 1.83. The Kier molecular flexibility index (Phi) is 2.44. The Hall–Kier alpha value is -2.27. The van der Waals surface area contributed by atoms with E-state index in [-0.39, 0.29) is 0 Å². The molecule has 3 aromatic heterocycles. The fourth-order valence-corrected chi connectivity index (χ4v) is 4.72. The van der Waals surface area contributed by atoms with E-state index < -0.39 is 0 Å². The molecule has 108 valence electrons. The summed E-state index contributed by atoms with van der Waals surface area (Å²) in [6.45, 7) is 2.03. The smallest absolute Gasteiger partial charge is 0.173 e. The van der Waals surface area contributed by atoms with Gasteiger partial charge in [0.1, 0.15) is 10.7 Å². The Balaban J connectivity index is 1.91. The molecular weight excluding hydrogens is 292 g/mol. The van der Waals surface area contributed by atoms with Crippen LogP contribution < -0.4 is 0 Å². The van der Waals surface area contributed by atoms with Crippen molar-refractivity contribution in [1.82, 2.24) is 19.6 Å². The molecule has 0 N–H and O–H groups in total. The predicted octanol–water partition coefficient (Wildman–Crippen LogP) is 3.80. The number of hydrogen-bond donors (Lipinski definition) is 0. The highest BCUT2D eigenvalue weighted by atomic mass is 32.1. The first kappa shape index (κ1) is 12.3. The fourth-order valence-electron chi connectivity index (χ4n) is 3.42. The van der Waals surface area contributed by atoms with Crippen LogP contribution in [0.2, 0.25) is 0 Å². The Morgan fingerprint density at radius 2 is 1.95 bits per heavy atom. The standard InChI is InChI=1S/C17H14N4S/c1-10-18-17-14(12-8-5-9-13(12)22-17)16-20-19-15(21(10)16)11-6-3-2-4-7-11/h2-4,6-7H,5,8-9H2,1H3. The average molecular weight is 306 g/mol. The lowest BCUT2D eigenvalue weighted by atomic mass is 10.2. The maximum atomic E-state index is 4.83. The Bertz CT molecular complexity index is 1010. The maximum Gasteiger partial charge on any atom is 0.173 e. The Morgan fingerprint density at radius 3 is 2.82 bits per heavy atom. The second-order valence-electron chi connectivity index (χ2n) is 5.75. The number of fused-ring (bicyclic) bond motifs is 5. The summed E-state index contributed by atoms with van der Waals surface area (Å²) in [7, 11) is 0. The zero-order chi connectivity index (χ0) is 14.7. The molecule has 4 aromatic rings. The van der Waals surface area contributed by atoms with Crippen LogP contribution in [0.4, 0.5) is 0 Å². The summed E-state index contributed by atoms with van der Waals surface area (Å²) in [5.41, 5.74) is 3.48. The molecule has 22 heavy (non-hydrogen) atoms. The number of aromatic nitrogens is 4. The van der Waals surface area contributed by atoms with E-state index in [1.54, 1.807) is 0 Å². The predicted molar refractivity (Wildman–Crippen MR) is 88.4 cm³/mol. The fraction of sp³-hybridized carbons (Fsp3) is 0.235. The van der Waals surface area contributed by atoms with Crippen LogP contribution in [0, 0.1) is 6.92 Å². The molecule has 1 aliphatic rings. The molecule has 0 unspecified atom stereocenters. The van der Waals surface area contributed by atoms with Crippen molar-refractivity contribution in [3.8, 4) is 11.4 Å². The quantitative estimate of drug-likeness (QED) is 0.537. The van der Waals surface area contributed by atoms with Gasteiger partial charge in [0.2, 0.25) is 0 Å². The van der Waals surface area contributed by atoms with E-state index >= 15 is 0 Å². The van der Waals surface area contributed by atoms with Gasteiger partial charge in [-0.1, -0.05) is 30.3 Å². The maximum absolute atomic E-state index is 4.83. The van der Waals surface area contributed by atoms with Crippen LogP contribution in [0.15, 0.2) is 30.3 Å². The van der Waals surface area contributed by atoms with E-state index in [9.17, 15) is 0 Å². The van der Waals surface area contributed by atoms with Gasteiger partial charge in [0.25, 0.3) is 0 Å². The molecule has 0 aliphatic heterocycles. The van der Waals surface area contributed by atoms with Gasteiger partial charge in [0.05, 0.1) is 5.39 Å². The minimum absolute atomic E-state index is 0.875. The van der Waals surface area contributed by atoms with E-state index in [0.29, 0.717) is 0 Å². The van der Waals surface area contributed by atoms with Gasteiger partial charge in [-0.3, -0.25) is 4.40 Å². The van der Waals surface area contributed by atoms with Crippen molar-refractivity contribution in [1.29, 1.82) is 0 Å². The molecule has 0 saturated heterocycles. The number of benzene rings is 1. The van der Waals surface area contributed by atoms with Gasteiger partial charge >= 0.3 is 0 Å². The van der Waals surface area contributed by atoms with Crippen molar-refractivity contribution >= 4 is 27.2 Å². The molecule has 1 aliphatic carbocycles. The molecule has 0 saturated carbocycles. The largest absolute Gasteiger partial charge is 0.262 e. The normalized spacial score (nSPS) is 14.0. The molecule has 0 fully saturated rings. The highest BCUT2D eigenvalue weighted by molar-refractivity contribution is 7.19. The molecule has 5 rings (SSSR count). The van der Waals surface area contributed by atoms with Gasteiger partial charge in [-0.25, -0.2) is 4.98 Å². The van der Waals surface area contributed by atoms with Gasteiger partial charge < -0.3 is 0 Å². The molecule has 0 bridgehead atoms. The minimum Gasteiger partial charge on any atom is -0.262 e. The summed E-state index contributed by atoms with van der Waals surface area (Å²) in [4.78, 5) is 7.43. The van der Waals surface area contributed by atoms with Crippen molar-refractivity contribution in [2.24, 2.45) is 0 Å². The van der Waals surface area contributed by atoms with Crippen LogP contribution in [0.25, 0.3) is 27.3 Å². The number of thiophene rings is 1. The molecule has 0 atom stereocenters. The highest BCUT2D eigenvalue weighted by Crippen LogP contribution is 2.39. The lowest BCUT2D eigenvalue weighted by Gasteiger charge is -2.04. The molecule has 0 spiro atoms. The molecule has 0 amide bonds. The van der Waals surface area contributed by atoms with Crippen molar-refractivity contribution in [2.75, 3.05) is 0 Å². The first-order valence-corrected chi connectivity index (χ1v) is 8.36. The third kappa shape index (κ3) is 1.54. The number of rotatable bonds is 1. The van der Waals surface area contributed by atoms with Crippen molar-refractivity contribution in [3.05, 3.63) is 46.6 Å². The van der Waals surface area contributed by atoms with Crippen molar-refractivity contribution in [3.63, 3.8) is 0 Å². The van der Waals surface area contributed by atoms with Crippen molar-refractivity contribution < 1.29 is 0 Å². The lowest BCUT2D eigenvalue weighted by Crippen LogP contribution is -1.98. The van der Waals surface area contributed by atoms with Crippen LogP contribution in [0.3, 0.4) is 0 Å². The second kappa shape index (κ2) is 4.36. The molecule has 5 heteroatoms. The van der Waals surface area contributed by atoms with E-state index in [0.717, 1.165) is 34.1 Å². The van der Waals surface area contributed by atoms with E-state index in [1.807, 2.05) is 36.5 Å². The van der Waals surface area contributed by atoms with E-state index in [1.165, 1.54) is 28.7 Å². The molecule has 1 aromatic carbocycles. The number of aryl methyl sites for hydroxylation is 3. The summed E-state index contributed by atoms with van der Waals surface area (Å²) < 4.78 is 2.10. The zero-order valence-electron chi connectivity index (χ0n) is 12.2. The third-order valence-electron chi connectivity index (χ3n) is 4.41. The monoisotopic (exact) mass is 306 g/mol. The van der Waals surface area contributed by atoms with E-state index in [2.05, 4.69) is 26.7 Å². The minimum atomic E-state index is 0.875. The van der Waals surface area contributed by atoms with Gasteiger partial charge in [-0.2, -0.15) is 0 Å². The summed E-state index contributed by atoms with van der Waals surface area (Å²) in [6.07, 6.45) is 3.57. The van der Waals surface area contributed by atoms with Crippen LogP contribution in [0.1, 0.15) is 22.7 Å². The van der Waals surface area contributed by atoms with Gasteiger partial charge in [0.15, 0.2) is 11.5 Å². The first-order chi connectivity index (χ1) is 10.8. The van der Waals surface area contributed by atoms with Gasteiger partial charge in [0, 0.05) is 10.4 Å². The Morgan fingerprint density at radius 1 is 1.09 bits per heavy atom. The average Bonchev–Trinajstić information content (AvgIpc) is 3.21. The second-order valence-corrected chi connectivity index (χ2v) is 6.83. The number of nitrogens with zero attached hydrogens (tertiary/aromatic N) is 4. The van der Waals surface area contributed by atoms with Crippen LogP contribution >= 0.6 is 11.3 Å². The molecule has 4 nitrogen and oxygen atoms in total. The SMILES string of the molecule is Cc1nc2sc3c(c2c2nnc(-c4ccccc4)n12)CCC3. The highest BCUT2D eigenvalue weighted by Gasteiger charge is 2.23. The van der Waals surface area contributed by atoms with Crippen LogP contribution in [0.5, 0.6) is 0 Å². The van der Waals surface area contributed by atoms with E-state index in [4.69, 9.17) is 4.98 Å². The zero-order valence-corrected chi connectivity index (χ0v) is 13.0. The van der Waals surface area contributed by atoms with Crippen LogP contribution in [-0.2, 0) is 12.8 Å². The summed E-state index contributed by atoms with van der Waals surface area (Å²) in [5, 5.41) is 10.2. The lowest BCUT2D eigenvalue weighted by molar-refractivity contribution is 0.916. The first-order valence-electron chi connectivity index (χ1n) is 7.54. The van der Waals surface area contributed by atoms with Gasteiger partial charge in [-0.05, 0) is 31.7 Å². The Labute approximate surface area is 131 Å². The van der Waals surface area contributed by atoms with Gasteiger partial charge in [-0.15, -0.1) is 21.5 Å². The molecule has 0 radical (unpaired) electrons. The summed E-state index contributed by atoms with van der Waals surface area (Å²) in [5.74, 6) is 1.83. The van der Waals surface area contributed by atoms with Crippen LogP contribution in [-0.4, -0.2) is 19.6 Å². The number of hydrogen-bond acceptors (Lipinski definition) is 4. The third-order valence-corrected chi connectivity index (χ3v) is 5.59. The topological polar surface area (TPSA) is 43.1 Å².